The van der Waals surface area contributed by atoms with Crippen molar-refractivity contribution in [1.82, 2.24) is 10.2 Å². The summed E-state index contributed by atoms with van der Waals surface area (Å²) in [5, 5.41) is 18.6. The van der Waals surface area contributed by atoms with Crippen LogP contribution in [-0.2, 0) is 0 Å². The van der Waals surface area contributed by atoms with Gasteiger partial charge in [-0.1, -0.05) is 23.0 Å². The lowest BCUT2D eigenvalue weighted by molar-refractivity contribution is 0.102. The van der Waals surface area contributed by atoms with E-state index in [2.05, 4.69) is 27.4 Å². The Morgan fingerprint density at radius 3 is 2.86 bits per heavy atom. The lowest BCUT2D eigenvalue weighted by atomic mass is 10.0. The average molecular weight is 285 g/mol. The molecule has 0 saturated heterocycles. The third-order valence-corrected chi connectivity index (χ3v) is 2.70. The molecule has 1 aromatic carbocycles. The number of rotatable bonds is 3. The molecular weight excluding hydrogens is 270 g/mol. The number of aliphatic hydroxyl groups is 1. The summed E-state index contributed by atoms with van der Waals surface area (Å²) >= 11 is 0. The lowest BCUT2D eigenvalue weighted by Gasteiger charge is -2.05. The van der Waals surface area contributed by atoms with E-state index in [0.29, 0.717) is 23.4 Å². The van der Waals surface area contributed by atoms with Gasteiger partial charge < -0.3 is 9.52 Å². The van der Waals surface area contributed by atoms with Gasteiger partial charge in [0.1, 0.15) is 0 Å². The van der Waals surface area contributed by atoms with Crippen LogP contribution in [0.5, 0.6) is 0 Å². The van der Waals surface area contributed by atoms with Crippen molar-refractivity contribution in [2.24, 2.45) is 0 Å². The summed E-state index contributed by atoms with van der Waals surface area (Å²) in [6.45, 7) is 3.49. The number of anilines is 1. The van der Waals surface area contributed by atoms with E-state index in [9.17, 15) is 4.79 Å². The van der Waals surface area contributed by atoms with E-state index in [1.807, 2.05) is 19.1 Å². The van der Waals surface area contributed by atoms with Gasteiger partial charge in [-0.3, -0.25) is 10.1 Å². The number of aryl methyl sites for hydroxylation is 2. The second-order valence-corrected chi connectivity index (χ2v) is 4.39. The van der Waals surface area contributed by atoms with Crippen LogP contribution in [0.1, 0.15) is 33.8 Å². The quantitative estimate of drug-likeness (QED) is 0.837. The summed E-state index contributed by atoms with van der Waals surface area (Å²) in [6.07, 6.45) is 0.399. The molecule has 2 N–H and O–H groups in total. The third kappa shape index (κ3) is 3.91. The van der Waals surface area contributed by atoms with Crippen LogP contribution < -0.4 is 5.32 Å². The number of carbonyl (C=O) groups is 1. The fourth-order valence-corrected chi connectivity index (χ4v) is 1.68. The van der Waals surface area contributed by atoms with Gasteiger partial charge in [0.05, 0.1) is 6.61 Å². The summed E-state index contributed by atoms with van der Waals surface area (Å²) < 4.78 is 5.12. The largest absolute Gasteiger partial charge is 0.408 e. The molecule has 108 valence electrons. The molecule has 0 spiro atoms. The maximum atomic E-state index is 12.2. The maximum absolute atomic E-state index is 12.2. The van der Waals surface area contributed by atoms with Crippen LogP contribution in [0.25, 0.3) is 0 Å². The van der Waals surface area contributed by atoms with Gasteiger partial charge in [0.2, 0.25) is 5.89 Å². The third-order valence-electron chi connectivity index (χ3n) is 2.70. The zero-order valence-corrected chi connectivity index (χ0v) is 11.8. The molecule has 6 heteroatoms. The Balaban J connectivity index is 2.20. The fourth-order valence-electron chi connectivity index (χ4n) is 1.68. The molecule has 0 unspecified atom stereocenters. The molecule has 2 rings (SSSR count). The highest BCUT2D eigenvalue weighted by Gasteiger charge is 2.13. The zero-order chi connectivity index (χ0) is 15.2. The number of nitrogens with one attached hydrogen (secondary N) is 1. The Hall–Kier alpha value is -2.65. The van der Waals surface area contributed by atoms with Crippen molar-refractivity contribution in [2.75, 3.05) is 11.9 Å². The smallest absolute Gasteiger partial charge is 0.322 e. The molecule has 0 fully saturated rings. The van der Waals surface area contributed by atoms with Crippen LogP contribution in [0.2, 0.25) is 0 Å². The average Bonchev–Trinajstić information content (AvgIpc) is 2.86. The van der Waals surface area contributed by atoms with Gasteiger partial charge in [0.25, 0.3) is 5.91 Å². The van der Waals surface area contributed by atoms with E-state index >= 15 is 0 Å². The zero-order valence-electron chi connectivity index (χ0n) is 11.8. The lowest BCUT2D eigenvalue weighted by Crippen LogP contribution is -2.13. The van der Waals surface area contributed by atoms with Crippen molar-refractivity contribution in [3.8, 4) is 11.8 Å². The number of amides is 1. The molecule has 1 heterocycles. The first-order chi connectivity index (χ1) is 10.1. The topological polar surface area (TPSA) is 88.2 Å². The van der Waals surface area contributed by atoms with Crippen LogP contribution in [0.4, 0.5) is 6.01 Å². The molecule has 1 amide bonds. The highest BCUT2D eigenvalue weighted by Crippen LogP contribution is 2.13. The molecule has 0 bridgehead atoms. The van der Waals surface area contributed by atoms with Gasteiger partial charge >= 0.3 is 6.01 Å². The number of hydrogen-bond donors (Lipinski definition) is 2. The van der Waals surface area contributed by atoms with Crippen molar-refractivity contribution in [1.29, 1.82) is 0 Å². The highest BCUT2D eigenvalue weighted by atomic mass is 16.4. The van der Waals surface area contributed by atoms with Gasteiger partial charge in [0.15, 0.2) is 0 Å². The van der Waals surface area contributed by atoms with Crippen LogP contribution in [0.3, 0.4) is 0 Å². The number of aromatic nitrogens is 2. The first kappa shape index (κ1) is 14.8. The Morgan fingerprint density at radius 1 is 1.38 bits per heavy atom. The molecule has 21 heavy (non-hydrogen) atoms. The van der Waals surface area contributed by atoms with Gasteiger partial charge in [-0.05, 0) is 24.6 Å². The second-order valence-electron chi connectivity index (χ2n) is 4.39. The number of aliphatic hydroxyl groups excluding tert-OH is 1. The minimum absolute atomic E-state index is 0.0166. The number of hydrogen-bond acceptors (Lipinski definition) is 5. The van der Waals surface area contributed by atoms with Gasteiger partial charge in [-0.15, -0.1) is 5.10 Å². The van der Waals surface area contributed by atoms with E-state index in [-0.39, 0.29) is 18.5 Å². The van der Waals surface area contributed by atoms with Crippen LogP contribution in [0.15, 0.2) is 22.6 Å². The SMILES string of the molecule is Cc1nnc(NC(=O)c2cc(C#CCCO)ccc2C)o1. The standard InChI is InChI=1S/C15H15N3O3/c1-10-6-7-12(5-3-4-8-19)9-13(10)14(20)16-15-18-17-11(2)21-15/h6-7,9,19H,4,8H2,1-2H3,(H,16,18,20). The summed E-state index contributed by atoms with van der Waals surface area (Å²) in [7, 11) is 0. The van der Waals surface area contributed by atoms with Gasteiger partial charge in [0, 0.05) is 24.5 Å². The van der Waals surface area contributed by atoms with Crippen molar-refractivity contribution in [2.45, 2.75) is 20.3 Å². The first-order valence-electron chi connectivity index (χ1n) is 6.42. The number of carbonyl (C=O) groups excluding carboxylic acids is 1. The van der Waals surface area contributed by atoms with Crippen molar-refractivity contribution in [3.05, 3.63) is 40.8 Å². The summed E-state index contributed by atoms with van der Waals surface area (Å²) in [6, 6.07) is 5.40. The number of nitrogens with zero attached hydrogens (tertiary/aromatic N) is 2. The first-order valence-corrected chi connectivity index (χ1v) is 6.42. The predicted octanol–water partition coefficient (Wildman–Crippen LogP) is 1.67. The molecule has 6 nitrogen and oxygen atoms in total. The molecule has 2 aromatic rings. The summed E-state index contributed by atoms with van der Waals surface area (Å²) in [5.41, 5.74) is 2.01. The van der Waals surface area contributed by atoms with Crippen LogP contribution >= 0.6 is 0 Å². The Labute approximate surface area is 122 Å². The highest BCUT2D eigenvalue weighted by molar-refractivity contribution is 6.04. The molecule has 0 radical (unpaired) electrons. The van der Waals surface area contributed by atoms with E-state index in [1.54, 1.807) is 13.0 Å². The second kappa shape index (κ2) is 6.68. The molecule has 0 saturated carbocycles. The predicted molar refractivity (Wildman–Crippen MR) is 76.7 cm³/mol. The monoisotopic (exact) mass is 285 g/mol. The fraction of sp³-hybridized carbons (Fsp3) is 0.267. The molecule has 0 aliphatic carbocycles. The van der Waals surface area contributed by atoms with Gasteiger partial charge in [-0.2, -0.15) is 0 Å². The number of benzene rings is 1. The van der Waals surface area contributed by atoms with E-state index in [0.717, 1.165) is 5.56 Å². The van der Waals surface area contributed by atoms with Crippen LogP contribution in [-0.4, -0.2) is 27.8 Å². The maximum Gasteiger partial charge on any atom is 0.322 e. The molecule has 0 aliphatic rings. The van der Waals surface area contributed by atoms with Crippen molar-refractivity contribution < 1.29 is 14.3 Å². The summed E-state index contributed by atoms with van der Waals surface area (Å²) in [4.78, 5) is 12.2. The minimum Gasteiger partial charge on any atom is -0.408 e. The van der Waals surface area contributed by atoms with Crippen molar-refractivity contribution >= 4 is 11.9 Å². The van der Waals surface area contributed by atoms with Crippen LogP contribution in [0, 0.1) is 25.7 Å². The molecule has 0 aliphatic heterocycles. The van der Waals surface area contributed by atoms with E-state index < -0.39 is 0 Å². The Bertz CT molecular complexity index is 710. The minimum atomic E-state index is -0.332. The normalized spacial score (nSPS) is 9.86. The Morgan fingerprint density at radius 2 is 2.19 bits per heavy atom. The molecule has 0 atom stereocenters. The molecular formula is C15H15N3O3. The summed E-state index contributed by atoms with van der Waals surface area (Å²) in [5.74, 6) is 5.76. The van der Waals surface area contributed by atoms with E-state index in [1.165, 1.54) is 0 Å². The molecule has 1 aromatic heterocycles. The van der Waals surface area contributed by atoms with Gasteiger partial charge in [-0.25, -0.2) is 0 Å². The Kier molecular flexibility index (Phi) is 4.69. The van der Waals surface area contributed by atoms with E-state index in [4.69, 9.17) is 9.52 Å². The van der Waals surface area contributed by atoms with Crippen molar-refractivity contribution in [3.63, 3.8) is 0 Å².